The number of nitrogens with zero attached hydrogens (tertiary/aromatic N) is 2. The van der Waals surface area contributed by atoms with Crippen LogP contribution >= 0.6 is 47.1 Å². The van der Waals surface area contributed by atoms with Crippen molar-refractivity contribution in [3.63, 3.8) is 0 Å². The summed E-state index contributed by atoms with van der Waals surface area (Å²) in [4.78, 5) is 16.8. The number of carbonyl (C=O) groups is 1. The second-order valence-electron chi connectivity index (χ2n) is 6.06. The Hall–Kier alpha value is -1.20. The molecule has 2 rings (SSSR count). The van der Waals surface area contributed by atoms with Crippen LogP contribution in [0.3, 0.4) is 0 Å². The van der Waals surface area contributed by atoms with Gasteiger partial charge >= 0.3 is 0 Å². The van der Waals surface area contributed by atoms with Crippen LogP contribution in [0.1, 0.15) is 25.0 Å². The van der Waals surface area contributed by atoms with Crippen molar-refractivity contribution >= 4 is 72.7 Å². The molecule has 0 saturated carbocycles. The molecule has 28 heavy (non-hydrogen) atoms. The molecule has 0 aliphatic carbocycles. The fraction of sp³-hybridized carbons (Fsp3) is 0.389. The molecule has 0 radical (unpaired) electrons. The zero-order valence-corrected chi connectivity index (χ0v) is 19.7. The number of thiophene rings is 2. The second-order valence-corrected chi connectivity index (χ2v) is 10.4. The highest BCUT2D eigenvalue weighted by Crippen LogP contribution is 2.13. The van der Waals surface area contributed by atoms with Crippen LogP contribution in [0.15, 0.2) is 33.7 Å². The predicted octanol–water partition coefficient (Wildman–Crippen LogP) is 3.45. The quantitative estimate of drug-likeness (QED) is 0.489. The molecule has 0 N–H and O–H groups in total. The maximum atomic E-state index is 12.6. The van der Waals surface area contributed by atoms with E-state index in [2.05, 4.69) is 0 Å². The zero-order chi connectivity index (χ0) is 20.7. The summed E-state index contributed by atoms with van der Waals surface area (Å²) < 4.78 is 25.2. The van der Waals surface area contributed by atoms with E-state index in [0.29, 0.717) is 23.1 Å². The summed E-state index contributed by atoms with van der Waals surface area (Å²) in [6, 6.07) is 3.75. The van der Waals surface area contributed by atoms with E-state index in [1.165, 1.54) is 22.7 Å². The molecule has 0 aliphatic rings. The molecule has 0 bridgehead atoms. The van der Waals surface area contributed by atoms with Gasteiger partial charge < -0.3 is 9.80 Å². The Bertz CT molecular complexity index is 905. The Labute approximate surface area is 184 Å². The summed E-state index contributed by atoms with van der Waals surface area (Å²) in [5, 5.41) is 7.60. The van der Waals surface area contributed by atoms with Crippen molar-refractivity contribution < 1.29 is 13.2 Å². The summed E-state index contributed by atoms with van der Waals surface area (Å²) in [6.45, 7) is 4.69. The Balaban J connectivity index is 1.98. The third-order valence-electron chi connectivity index (χ3n) is 3.97. The number of likely N-dealkylation sites (N-methyl/N-ethyl adjacent to an activating group) is 1. The number of sulfone groups is 1. The van der Waals surface area contributed by atoms with E-state index in [9.17, 15) is 13.2 Å². The van der Waals surface area contributed by atoms with Crippen LogP contribution in [-0.4, -0.2) is 65.2 Å². The molecule has 0 unspecified atom stereocenters. The lowest BCUT2D eigenvalue weighted by atomic mass is 10.3. The molecule has 0 spiro atoms. The molecular formula is C18H22N2O3S5. The van der Waals surface area contributed by atoms with E-state index in [1.807, 2.05) is 47.5 Å². The van der Waals surface area contributed by atoms with Crippen molar-refractivity contribution in [2.45, 2.75) is 13.8 Å². The normalized spacial score (nSPS) is 11.2. The molecule has 0 amide bonds. The average Bonchev–Trinajstić information content (AvgIpc) is 3.36. The monoisotopic (exact) mass is 474 g/mol. The van der Waals surface area contributed by atoms with E-state index in [-0.39, 0.29) is 18.2 Å². The largest absolute Gasteiger partial charge is 0.355 e. The fourth-order valence-corrected chi connectivity index (χ4v) is 6.16. The summed E-state index contributed by atoms with van der Waals surface area (Å²) in [5.41, 5.74) is 1.69. The minimum absolute atomic E-state index is 0.0223. The highest BCUT2D eigenvalue weighted by atomic mass is 32.2. The SMILES string of the molecule is CCN(CC(=O)CS(=O)(=O)CN(CC)C(=S)c1ccsc1)C(=S)c1ccsc1. The lowest BCUT2D eigenvalue weighted by Gasteiger charge is -2.24. The van der Waals surface area contributed by atoms with Gasteiger partial charge in [0.15, 0.2) is 15.6 Å². The van der Waals surface area contributed by atoms with Gasteiger partial charge in [-0.2, -0.15) is 22.7 Å². The lowest BCUT2D eigenvalue weighted by molar-refractivity contribution is -0.117. The molecule has 0 saturated heterocycles. The molecule has 0 aromatic carbocycles. The minimum atomic E-state index is -3.64. The molecule has 10 heteroatoms. The van der Waals surface area contributed by atoms with Crippen LogP contribution in [0.25, 0.3) is 0 Å². The van der Waals surface area contributed by atoms with Gasteiger partial charge in [0.1, 0.15) is 21.6 Å². The van der Waals surface area contributed by atoms with Gasteiger partial charge in [0, 0.05) is 35.0 Å². The number of thiocarbonyl (C=S) groups is 2. The van der Waals surface area contributed by atoms with Gasteiger partial charge in [-0.25, -0.2) is 8.42 Å². The van der Waals surface area contributed by atoms with Crippen molar-refractivity contribution in [1.82, 2.24) is 9.80 Å². The molecule has 152 valence electrons. The van der Waals surface area contributed by atoms with E-state index >= 15 is 0 Å². The van der Waals surface area contributed by atoms with Crippen molar-refractivity contribution in [1.29, 1.82) is 0 Å². The first kappa shape index (κ1) is 23.1. The number of hydrogen-bond acceptors (Lipinski definition) is 7. The predicted molar refractivity (Wildman–Crippen MR) is 125 cm³/mol. The number of Topliss-reactive ketones (excluding diaryl/α,β-unsaturated/α-hetero) is 1. The van der Waals surface area contributed by atoms with Gasteiger partial charge in [0.25, 0.3) is 0 Å². The van der Waals surface area contributed by atoms with Gasteiger partial charge in [-0.1, -0.05) is 24.4 Å². The van der Waals surface area contributed by atoms with Gasteiger partial charge in [-0.05, 0) is 36.7 Å². The lowest BCUT2D eigenvalue weighted by Crippen LogP contribution is -2.40. The fourth-order valence-electron chi connectivity index (χ4n) is 2.55. The van der Waals surface area contributed by atoms with E-state index in [1.54, 1.807) is 9.80 Å². The molecule has 2 heterocycles. The smallest absolute Gasteiger partial charge is 0.175 e. The topological polar surface area (TPSA) is 57.7 Å². The number of rotatable bonds is 10. The van der Waals surface area contributed by atoms with E-state index in [0.717, 1.165) is 11.1 Å². The van der Waals surface area contributed by atoms with Gasteiger partial charge in [-0.3, -0.25) is 4.79 Å². The number of hydrogen-bond donors (Lipinski definition) is 0. The summed E-state index contributed by atoms with van der Waals surface area (Å²) in [5.74, 6) is -1.18. The Morgan fingerprint density at radius 2 is 1.46 bits per heavy atom. The van der Waals surface area contributed by atoms with Crippen LogP contribution in [0.4, 0.5) is 0 Å². The maximum absolute atomic E-state index is 12.6. The first-order valence-electron chi connectivity index (χ1n) is 8.62. The summed E-state index contributed by atoms with van der Waals surface area (Å²) >= 11 is 13.9. The minimum Gasteiger partial charge on any atom is -0.355 e. The first-order chi connectivity index (χ1) is 13.3. The van der Waals surface area contributed by atoms with E-state index < -0.39 is 15.6 Å². The van der Waals surface area contributed by atoms with Crippen LogP contribution in [0, 0.1) is 0 Å². The van der Waals surface area contributed by atoms with Crippen LogP contribution in [-0.2, 0) is 14.6 Å². The van der Waals surface area contributed by atoms with Crippen LogP contribution in [0.5, 0.6) is 0 Å². The van der Waals surface area contributed by atoms with Crippen molar-refractivity contribution in [2.75, 3.05) is 31.3 Å². The van der Waals surface area contributed by atoms with Crippen LogP contribution in [0.2, 0.25) is 0 Å². The summed E-state index contributed by atoms with van der Waals surface area (Å²) in [7, 11) is -3.64. The van der Waals surface area contributed by atoms with Gasteiger partial charge in [0.2, 0.25) is 0 Å². The Morgan fingerprint density at radius 1 is 0.964 bits per heavy atom. The van der Waals surface area contributed by atoms with Crippen LogP contribution < -0.4 is 0 Å². The van der Waals surface area contributed by atoms with Crippen molar-refractivity contribution in [3.05, 3.63) is 44.8 Å². The highest BCUT2D eigenvalue weighted by Gasteiger charge is 2.24. The standard InChI is InChI=1S/C18H22N2O3S5/c1-3-19(17(24)14-5-7-26-10-14)9-16(21)12-28(22,23)13-20(4-2)18(25)15-6-8-27-11-15/h5-8,10-11H,3-4,9,12-13H2,1-2H3. The first-order valence-corrected chi connectivity index (χ1v) is 13.1. The van der Waals surface area contributed by atoms with Gasteiger partial charge in [-0.15, -0.1) is 0 Å². The molecule has 0 fully saturated rings. The molecule has 0 aliphatic heterocycles. The highest BCUT2D eigenvalue weighted by molar-refractivity contribution is 7.92. The Morgan fingerprint density at radius 3 is 1.89 bits per heavy atom. The molecular weight excluding hydrogens is 453 g/mol. The van der Waals surface area contributed by atoms with Gasteiger partial charge in [0.05, 0.1) is 6.54 Å². The zero-order valence-electron chi connectivity index (χ0n) is 15.7. The second kappa shape index (κ2) is 10.5. The van der Waals surface area contributed by atoms with Crippen molar-refractivity contribution in [2.24, 2.45) is 0 Å². The Kier molecular flexibility index (Phi) is 8.69. The van der Waals surface area contributed by atoms with Crippen molar-refractivity contribution in [3.8, 4) is 0 Å². The third kappa shape index (κ3) is 6.41. The third-order valence-corrected chi connectivity index (χ3v) is 7.80. The molecule has 5 nitrogen and oxygen atoms in total. The van der Waals surface area contributed by atoms with E-state index in [4.69, 9.17) is 24.4 Å². The number of carbonyl (C=O) groups excluding carboxylic acids is 1. The molecule has 0 atom stereocenters. The molecule has 2 aromatic rings. The molecule has 2 aromatic heterocycles. The summed E-state index contributed by atoms with van der Waals surface area (Å²) in [6.07, 6.45) is 0. The maximum Gasteiger partial charge on any atom is 0.175 e. The number of ketones is 1. The average molecular weight is 475 g/mol.